The number of aryl methyl sites for hydroxylation is 2. The molecule has 0 heterocycles. The summed E-state index contributed by atoms with van der Waals surface area (Å²) >= 11 is 0. The average molecular weight is 319 g/mol. The number of phenols is 1. The van der Waals surface area contributed by atoms with Gasteiger partial charge in [0, 0.05) is 0 Å². The van der Waals surface area contributed by atoms with Gasteiger partial charge in [0.15, 0.2) is 0 Å². The van der Waals surface area contributed by atoms with E-state index in [4.69, 9.17) is 0 Å². The number of rotatable bonds is 13. The Labute approximate surface area is 144 Å². The van der Waals surface area contributed by atoms with Gasteiger partial charge in [0.1, 0.15) is 5.75 Å². The van der Waals surface area contributed by atoms with Crippen LogP contribution < -0.4 is 0 Å². The van der Waals surface area contributed by atoms with Crippen LogP contribution in [0, 0.1) is 0 Å². The molecule has 1 rings (SSSR count). The fraction of sp³-hybridized carbons (Fsp3) is 0.727. The van der Waals surface area contributed by atoms with Gasteiger partial charge >= 0.3 is 0 Å². The summed E-state index contributed by atoms with van der Waals surface area (Å²) in [6.07, 6.45) is 15.9. The first-order valence-electron chi connectivity index (χ1n) is 10.1. The first kappa shape index (κ1) is 20.1. The van der Waals surface area contributed by atoms with Crippen LogP contribution in [0.5, 0.6) is 5.75 Å². The minimum Gasteiger partial charge on any atom is -0.507 e. The molecule has 0 aliphatic carbocycles. The zero-order valence-electron chi connectivity index (χ0n) is 15.8. The number of phenolic OH excluding ortho intramolecular Hbond substituents is 1. The Morgan fingerprint density at radius 2 is 1.13 bits per heavy atom. The predicted molar refractivity (Wildman–Crippen MR) is 102 cm³/mol. The molecule has 132 valence electrons. The molecule has 23 heavy (non-hydrogen) atoms. The number of benzene rings is 1. The highest BCUT2D eigenvalue weighted by Gasteiger charge is 2.12. The quantitative estimate of drug-likeness (QED) is 0.389. The molecule has 0 spiro atoms. The van der Waals surface area contributed by atoms with Gasteiger partial charge in [0.05, 0.1) is 0 Å². The summed E-state index contributed by atoms with van der Waals surface area (Å²) in [6, 6.07) is 4.47. The van der Waals surface area contributed by atoms with E-state index >= 15 is 0 Å². The van der Waals surface area contributed by atoms with Gasteiger partial charge in [-0.3, -0.25) is 0 Å². The number of hydrogen-bond donors (Lipinski definition) is 1. The summed E-state index contributed by atoms with van der Waals surface area (Å²) in [7, 11) is 0. The van der Waals surface area contributed by atoms with Crippen LogP contribution in [-0.4, -0.2) is 5.11 Å². The van der Waals surface area contributed by atoms with Gasteiger partial charge in [-0.05, 0) is 55.2 Å². The van der Waals surface area contributed by atoms with Gasteiger partial charge in [-0.25, -0.2) is 0 Å². The molecule has 1 heteroatoms. The van der Waals surface area contributed by atoms with Crippen LogP contribution in [0.1, 0.15) is 102 Å². The lowest BCUT2D eigenvalue weighted by Crippen LogP contribution is -1.99. The number of unbranched alkanes of at least 4 members (excludes halogenated alkanes) is 7. The standard InChI is InChI=1S/C22H38O/c1-4-7-10-11-12-13-15-19-17-18-20(14-8-5-2)22(23)21(19)16-9-6-3/h17-18,23H,4-16H2,1-3H3. The summed E-state index contributed by atoms with van der Waals surface area (Å²) in [5.74, 6) is 0.607. The lowest BCUT2D eigenvalue weighted by atomic mass is 9.92. The Balaban J connectivity index is 2.66. The molecule has 1 aromatic carbocycles. The highest BCUT2D eigenvalue weighted by Crippen LogP contribution is 2.30. The summed E-state index contributed by atoms with van der Waals surface area (Å²) in [5, 5.41) is 10.7. The van der Waals surface area contributed by atoms with Crippen LogP contribution in [0.15, 0.2) is 12.1 Å². The maximum Gasteiger partial charge on any atom is 0.122 e. The first-order valence-corrected chi connectivity index (χ1v) is 10.1. The highest BCUT2D eigenvalue weighted by molar-refractivity contribution is 5.46. The fourth-order valence-corrected chi connectivity index (χ4v) is 3.26. The molecule has 0 saturated heterocycles. The molecule has 0 saturated carbocycles. The normalized spacial score (nSPS) is 11.1. The van der Waals surface area contributed by atoms with Crippen LogP contribution in [0.4, 0.5) is 0 Å². The van der Waals surface area contributed by atoms with Crippen LogP contribution in [0.25, 0.3) is 0 Å². The monoisotopic (exact) mass is 318 g/mol. The SMILES string of the molecule is CCCCCCCCc1ccc(CCCC)c(O)c1CCCC. The molecular weight excluding hydrogens is 280 g/mol. The van der Waals surface area contributed by atoms with E-state index < -0.39 is 0 Å². The van der Waals surface area contributed by atoms with Crippen molar-refractivity contribution in [3.8, 4) is 5.75 Å². The molecule has 0 atom stereocenters. The Bertz CT molecular complexity index is 422. The van der Waals surface area contributed by atoms with Crippen molar-refractivity contribution in [2.24, 2.45) is 0 Å². The van der Waals surface area contributed by atoms with E-state index in [1.54, 1.807) is 0 Å². The average Bonchev–Trinajstić information content (AvgIpc) is 2.56. The third-order valence-electron chi connectivity index (χ3n) is 4.84. The van der Waals surface area contributed by atoms with Crippen molar-refractivity contribution in [1.82, 2.24) is 0 Å². The van der Waals surface area contributed by atoms with Gasteiger partial charge in [-0.1, -0.05) is 77.8 Å². The van der Waals surface area contributed by atoms with E-state index in [1.807, 2.05) is 0 Å². The molecule has 1 nitrogen and oxygen atoms in total. The summed E-state index contributed by atoms with van der Waals surface area (Å²) in [5.41, 5.74) is 3.80. The van der Waals surface area contributed by atoms with E-state index in [0.717, 1.165) is 31.2 Å². The molecule has 1 N–H and O–H groups in total. The first-order chi connectivity index (χ1) is 11.2. The lowest BCUT2D eigenvalue weighted by Gasteiger charge is -2.15. The third kappa shape index (κ3) is 7.42. The van der Waals surface area contributed by atoms with E-state index in [-0.39, 0.29) is 0 Å². The van der Waals surface area contributed by atoms with Crippen molar-refractivity contribution in [3.63, 3.8) is 0 Å². The number of hydrogen-bond acceptors (Lipinski definition) is 1. The number of aromatic hydroxyl groups is 1. The van der Waals surface area contributed by atoms with Crippen LogP contribution >= 0.6 is 0 Å². The Kier molecular flexibility index (Phi) is 10.9. The molecular formula is C22H38O. The van der Waals surface area contributed by atoms with Gasteiger partial charge in [-0.15, -0.1) is 0 Å². The molecule has 0 radical (unpaired) electrons. The zero-order valence-corrected chi connectivity index (χ0v) is 15.8. The van der Waals surface area contributed by atoms with Gasteiger partial charge in [0.25, 0.3) is 0 Å². The fourth-order valence-electron chi connectivity index (χ4n) is 3.26. The highest BCUT2D eigenvalue weighted by atomic mass is 16.3. The maximum atomic E-state index is 10.7. The maximum absolute atomic E-state index is 10.7. The van der Waals surface area contributed by atoms with Crippen molar-refractivity contribution < 1.29 is 5.11 Å². The van der Waals surface area contributed by atoms with E-state index in [0.29, 0.717) is 5.75 Å². The van der Waals surface area contributed by atoms with Crippen molar-refractivity contribution in [1.29, 1.82) is 0 Å². The van der Waals surface area contributed by atoms with Crippen molar-refractivity contribution in [2.75, 3.05) is 0 Å². The van der Waals surface area contributed by atoms with Gasteiger partial charge in [0.2, 0.25) is 0 Å². The van der Waals surface area contributed by atoms with Crippen LogP contribution in [0.3, 0.4) is 0 Å². The molecule has 1 aromatic rings. The molecule has 0 fully saturated rings. The zero-order chi connectivity index (χ0) is 16.9. The molecule has 0 aliphatic rings. The second kappa shape index (κ2) is 12.4. The van der Waals surface area contributed by atoms with Gasteiger partial charge in [-0.2, -0.15) is 0 Å². The molecule has 0 amide bonds. The van der Waals surface area contributed by atoms with Crippen LogP contribution in [-0.2, 0) is 19.3 Å². The lowest BCUT2D eigenvalue weighted by molar-refractivity contribution is 0.457. The van der Waals surface area contributed by atoms with Crippen molar-refractivity contribution >= 4 is 0 Å². The second-order valence-corrected chi connectivity index (χ2v) is 6.94. The van der Waals surface area contributed by atoms with E-state index in [2.05, 4.69) is 32.9 Å². The largest absolute Gasteiger partial charge is 0.507 e. The molecule has 0 bridgehead atoms. The predicted octanol–water partition coefficient (Wildman–Crippen LogP) is 6.98. The Morgan fingerprint density at radius 3 is 1.83 bits per heavy atom. The molecule has 0 aromatic heterocycles. The Morgan fingerprint density at radius 1 is 0.609 bits per heavy atom. The topological polar surface area (TPSA) is 20.2 Å². The molecule has 0 unspecified atom stereocenters. The van der Waals surface area contributed by atoms with Gasteiger partial charge < -0.3 is 5.11 Å². The van der Waals surface area contributed by atoms with Crippen LogP contribution in [0.2, 0.25) is 0 Å². The summed E-state index contributed by atoms with van der Waals surface area (Å²) in [4.78, 5) is 0. The van der Waals surface area contributed by atoms with Crippen molar-refractivity contribution in [3.05, 3.63) is 28.8 Å². The summed E-state index contributed by atoms with van der Waals surface area (Å²) in [6.45, 7) is 6.70. The van der Waals surface area contributed by atoms with E-state index in [1.165, 1.54) is 68.9 Å². The smallest absolute Gasteiger partial charge is 0.122 e. The Hall–Kier alpha value is -0.980. The third-order valence-corrected chi connectivity index (χ3v) is 4.84. The minimum atomic E-state index is 0.607. The van der Waals surface area contributed by atoms with Crippen molar-refractivity contribution in [2.45, 2.75) is 104 Å². The molecule has 0 aliphatic heterocycles. The second-order valence-electron chi connectivity index (χ2n) is 6.94. The van der Waals surface area contributed by atoms with E-state index in [9.17, 15) is 5.11 Å². The minimum absolute atomic E-state index is 0.607. The summed E-state index contributed by atoms with van der Waals surface area (Å²) < 4.78 is 0.